The summed E-state index contributed by atoms with van der Waals surface area (Å²) >= 11 is 0. The normalized spacial score (nSPS) is 18.8. The highest BCUT2D eigenvalue weighted by Gasteiger charge is 2.29. The fourth-order valence-electron chi connectivity index (χ4n) is 3.54. The summed E-state index contributed by atoms with van der Waals surface area (Å²) in [5, 5.41) is 3.87. The molecule has 0 N–H and O–H groups in total. The molecule has 10 heteroatoms. The Bertz CT molecular complexity index is 1090. The average molecular weight is 430 g/mol. The second kappa shape index (κ2) is 8.39. The third-order valence-corrected chi connectivity index (χ3v) is 6.47. The molecule has 0 atom stereocenters. The number of rotatable bonds is 6. The number of nitrogens with zero attached hydrogens (tertiary/aromatic N) is 4. The fraction of sp³-hybridized carbons (Fsp3) is 0.400. The molecule has 0 saturated heterocycles. The van der Waals surface area contributed by atoms with Gasteiger partial charge in [-0.3, -0.25) is 4.31 Å². The summed E-state index contributed by atoms with van der Waals surface area (Å²) in [6, 6.07) is 9.05. The molecule has 1 aromatic heterocycles. The van der Waals surface area contributed by atoms with Crippen LogP contribution in [0.2, 0.25) is 0 Å². The first-order chi connectivity index (χ1) is 14.4. The van der Waals surface area contributed by atoms with Gasteiger partial charge in [0.05, 0.1) is 17.8 Å². The number of esters is 1. The van der Waals surface area contributed by atoms with Crippen molar-refractivity contribution in [2.24, 2.45) is 4.40 Å². The molecule has 9 nitrogen and oxygen atoms in total. The minimum absolute atomic E-state index is 0.0618. The third kappa shape index (κ3) is 4.43. The van der Waals surface area contributed by atoms with E-state index < -0.39 is 16.2 Å². The molecule has 1 saturated carbocycles. The fourth-order valence-corrected chi connectivity index (χ4v) is 4.64. The van der Waals surface area contributed by atoms with Crippen molar-refractivity contribution in [2.45, 2.75) is 51.7 Å². The van der Waals surface area contributed by atoms with Crippen LogP contribution in [0.3, 0.4) is 0 Å². The highest BCUT2D eigenvalue weighted by molar-refractivity contribution is 7.88. The Morgan fingerprint density at radius 3 is 2.70 bits per heavy atom. The second-order valence-electron chi connectivity index (χ2n) is 7.33. The van der Waals surface area contributed by atoms with E-state index in [1.165, 1.54) is 13.1 Å². The maximum absolute atomic E-state index is 12.6. The molecule has 0 bridgehead atoms. The first-order valence-electron chi connectivity index (χ1n) is 9.76. The lowest BCUT2D eigenvalue weighted by Gasteiger charge is -2.23. The standard InChI is InChI=1S/C20H22N4O5S/c1-14-17(12-24(30(26,27)23-14)11-15-7-3-2-4-8-15)20(25)28-13-18-21-19(29-22-18)16-9-5-6-10-16/h2-4,7-8,12,16H,5-6,9-11,13H2,1H3. The smallest absolute Gasteiger partial charge is 0.344 e. The highest BCUT2D eigenvalue weighted by atomic mass is 32.2. The van der Waals surface area contributed by atoms with Crippen molar-refractivity contribution in [3.05, 3.63) is 59.4 Å². The molecule has 2 heterocycles. The predicted octanol–water partition coefficient (Wildman–Crippen LogP) is 2.88. The van der Waals surface area contributed by atoms with E-state index in [4.69, 9.17) is 9.26 Å². The van der Waals surface area contributed by atoms with Crippen molar-refractivity contribution in [2.75, 3.05) is 0 Å². The molecule has 1 aliphatic heterocycles. The molecule has 2 aromatic rings. The van der Waals surface area contributed by atoms with Crippen molar-refractivity contribution >= 4 is 21.9 Å². The zero-order valence-electron chi connectivity index (χ0n) is 16.5. The maximum Gasteiger partial charge on any atom is 0.344 e. The van der Waals surface area contributed by atoms with E-state index in [1.54, 1.807) is 12.1 Å². The summed E-state index contributed by atoms with van der Waals surface area (Å²) in [4.78, 5) is 16.9. The van der Waals surface area contributed by atoms with Crippen LogP contribution in [0.4, 0.5) is 0 Å². The number of carbonyl (C=O) groups excluding carboxylic acids is 1. The van der Waals surface area contributed by atoms with E-state index in [2.05, 4.69) is 14.5 Å². The molecule has 4 rings (SSSR count). The molecular formula is C20H22N4O5S. The Hall–Kier alpha value is -3.01. The lowest BCUT2D eigenvalue weighted by Crippen LogP contribution is -2.31. The topological polar surface area (TPSA) is 115 Å². The van der Waals surface area contributed by atoms with E-state index >= 15 is 0 Å². The van der Waals surface area contributed by atoms with Crippen LogP contribution in [0.1, 0.15) is 55.8 Å². The lowest BCUT2D eigenvalue weighted by atomic mass is 10.1. The summed E-state index contributed by atoms with van der Waals surface area (Å²) in [5.74, 6) is 0.434. The molecule has 1 aliphatic carbocycles. The minimum atomic E-state index is -3.91. The zero-order chi connectivity index (χ0) is 21.1. The minimum Gasteiger partial charge on any atom is -0.454 e. The monoisotopic (exact) mass is 430 g/mol. The molecular weight excluding hydrogens is 408 g/mol. The Balaban J connectivity index is 1.44. The van der Waals surface area contributed by atoms with Gasteiger partial charge in [0.25, 0.3) is 0 Å². The largest absolute Gasteiger partial charge is 0.454 e. The van der Waals surface area contributed by atoms with Gasteiger partial charge >= 0.3 is 16.2 Å². The molecule has 2 aliphatic rings. The Morgan fingerprint density at radius 2 is 1.97 bits per heavy atom. The quantitative estimate of drug-likeness (QED) is 0.647. The van der Waals surface area contributed by atoms with E-state index in [-0.39, 0.29) is 36.2 Å². The Labute approximate surface area is 174 Å². The van der Waals surface area contributed by atoms with Gasteiger partial charge in [-0.05, 0) is 25.3 Å². The van der Waals surface area contributed by atoms with Crippen LogP contribution in [-0.2, 0) is 32.9 Å². The first-order valence-corrected chi connectivity index (χ1v) is 11.2. The van der Waals surface area contributed by atoms with Crippen LogP contribution >= 0.6 is 0 Å². The van der Waals surface area contributed by atoms with Crippen molar-refractivity contribution in [3.63, 3.8) is 0 Å². The average Bonchev–Trinajstić information content (AvgIpc) is 3.40. The van der Waals surface area contributed by atoms with Crippen molar-refractivity contribution < 1.29 is 22.5 Å². The molecule has 30 heavy (non-hydrogen) atoms. The molecule has 0 radical (unpaired) electrons. The molecule has 1 aromatic carbocycles. The van der Waals surface area contributed by atoms with E-state index in [9.17, 15) is 13.2 Å². The maximum atomic E-state index is 12.6. The van der Waals surface area contributed by atoms with Gasteiger partial charge in [0.1, 0.15) is 0 Å². The zero-order valence-corrected chi connectivity index (χ0v) is 17.3. The molecule has 1 fully saturated rings. The summed E-state index contributed by atoms with van der Waals surface area (Å²) in [7, 11) is -3.91. The third-order valence-electron chi connectivity index (χ3n) is 5.13. The van der Waals surface area contributed by atoms with Gasteiger partial charge in [-0.2, -0.15) is 13.4 Å². The van der Waals surface area contributed by atoms with Crippen LogP contribution in [-0.4, -0.2) is 34.5 Å². The molecule has 0 amide bonds. The van der Waals surface area contributed by atoms with Gasteiger partial charge < -0.3 is 9.26 Å². The van der Waals surface area contributed by atoms with Crippen LogP contribution in [0.5, 0.6) is 0 Å². The van der Waals surface area contributed by atoms with Crippen LogP contribution in [0, 0.1) is 0 Å². The molecule has 0 unspecified atom stereocenters. The Morgan fingerprint density at radius 1 is 1.23 bits per heavy atom. The number of benzene rings is 1. The summed E-state index contributed by atoms with van der Waals surface area (Å²) in [6.45, 7) is 1.36. The number of carbonyl (C=O) groups is 1. The number of aromatic nitrogens is 2. The van der Waals surface area contributed by atoms with Gasteiger partial charge in [0, 0.05) is 12.1 Å². The van der Waals surface area contributed by atoms with Gasteiger partial charge in [-0.25, -0.2) is 4.79 Å². The Kier molecular flexibility index (Phi) is 5.67. The van der Waals surface area contributed by atoms with Gasteiger partial charge in [0.2, 0.25) is 11.7 Å². The number of hydrogen-bond donors (Lipinski definition) is 0. The van der Waals surface area contributed by atoms with Crippen molar-refractivity contribution in [1.82, 2.24) is 14.4 Å². The van der Waals surface area contributed by atoms with Gasteiger partial charge in [-0.15, -0.1) is 4.40 Å². The van der Waals surface area contributed by atoms with E-state index in [1.807, 2.05) is 18.2 Å². The van der Waals surface area contributed by atoms with E-state index in [0.29, 0.717) is 5.89 Å². The van der Waals surface area contributed by atoms with Crippen LogP contribution in [0.15, 0.2) is 51.0 Å². The van der Waals surface area contributed by atoms with Crippen molar-refractivity contribution in [3.8, 4) is 0 Å². The van der Waals surface area contributed by atoms with E-state index in [0.717, 1.165) is 35.6 Å². The van der Waals surface area contributed by atoms with Crippen LogP contribution < -0.4 is 0 Å². The molecule has 0 spiro atoms. The van der Waals surface area contributed by atoms with Gasteiger partial charge in [-0.1, -0.05) is 48.3 Å². The van der Waals surface area contributed by atoms with Gasteiger partial charge in [0.15, 0.2) is 6.61 Å². The number of ether oxygens (including phenoxy) is 1. The van der Waals surface area contributed by atoms with Crippen molar-refractivity contribution in [1.29, 1.82) is 0 Å². The first kappa shape index (κ1) is 20.3. The number of hydrogen-bond acceptors (Lipinski definition) is 7. The van der Waals surface area contributed by atoms with Crippen LogP contribution in [0.25, 0.3) is 0 Å². The lowest BCUT2D eigenvalue weighted by molar-refractivity contribution is -0.140. The second-order valence-corrected chi connectivity index (χ2v) is 8.88. The SMILES string of the molecule is CC1=NS(=O)(=O)N(Cc2ccccc2)C=C1C(=O)OCc1noc(C2CCCC2)n1. The summed E-state index contributed by atoms with van der Waals surface area (Å²) in [6.07, 6.45) is 5.59. The highest BCUT2D eigenvalue weighted by Crippen LogP contribution is 2.33. The summed E-state index contributed by atoms with van der Waals surface area (Å²) in [5.41, 5.74) is 0.912. The predicted molar refractivity (Wildman–Crippen MR) is 107 cm³/mol. The molecule has 158 valence electrons. The summed E-state index contributed by atoms with van der Waals surface area (Å²) < 4.78 is 40.1.